The van der Waals surface area contributed by atoms with Crippen LogP contribution in [0.5, 0.6) is 28.7 Å². The predicted molar refractivity (Wildman–Crippen MR) is 124 cm³/mol. The smallest absolute Gasteiger partial charge is 0.306 e. The second kappa shape index (κ2) is 7.30. The zero-order valence-electron chi connectivity index (χ0n) is 18.8. The van der Waals surface area contributed by atoms with Crippen molar-refractivity contribution in [2.24, 2.45) is 0 Å². The van der Waals surface area contributed by atoms with E-state index >= 15 is 0 Å². The minimum atomic E-state index is -1.25. The Kier molecular flexibility index (Phi) is 4.18. The van der Waals surface area contributed by atoms with Gasteiger partial charge in [-0.2, -0.15) is 0 Å². The van der Waals surface area contributed by atoms with Gasteiger partial charge in [0.2, 0.25) is 24.0 Å². The summed E-state index contributed by atoms with van der Waals surface area (Å²) in [5.41, 5.74) is 3.22. The van der Waals surface area contributed by atoms with Gasteiger partial charge >= 0.3 is 5.79 Å². The standard InChI is InChI=1S/C28H20O7/c1-30-21-12-18(29)13-22-19(21)14-20-23-25(32-15-31-23)27-26(24(20)33-22)34-28(35-27,16-8-4-2-5-9-16)17-10-6-3-7-11-17/h2-12H,13-15H2,1H3. The van der Waals surface area contributed by atoms with Crippen molar-refractivity contribution in [3.05, 3.63) is 101 Å². The van der Waals surface area contributed by atoms with Crippen molar-refractivity contribution in [2.45, 2.75) is 18.6 Å². The first-order valence-corrected chi connectivity index (χ1v) is 11.3. The first-order chi connectivity index (χ1) is 17.2. The number of rotatable bonds is 3. The van der Waals surface area contributed by atoms with Crippen molar-refractivity contribution >= 4 is 5.78 Å². The summed E-state index contributed by atoms with van der Waals surface area (Å²) in [5.74, 6) is 2.05. The number of fused-ring (bicyclic) bond motifs is 6. The Morgan fingerprint density at radius 2 is 1.40 bits per heavy atom. The van der Waals surface area contributed by atoms with Crippen LogP contribution in [0.25, 0.3) is 0 Å². The van der Waals surface area contributed by atoms with E-state index in [4.69, 9.17) is 28.4 Å². The van der Waals surface area contributed by atoms with Crippen molar-refractivity contribution in [1.82, 2.24) is 0 Å². The van der Waals surface area contributed by atoms with E-state index in [2.05, 4.69) is 0 Å². The highest BCUT2D eigenvalue weighted by Crippen LogP contribution is 2.63. The summed E-state index contributed by atoms with van der Waals surface area (Å²) >= 11 is 0. The lowest BCUT2D eigenvalue weighted by Crippen LogP contribution is -2.36. The molecule has 0 unspecified atom stereocenters. The average Bonchev–Trinajstić information content (AvgIpc) is 3.55. The summed E-state index contributed by atoms with van der Waals surface area (Å²) in [6.07, 6.45) is 2.10. The van der Waals surface area contributed by atoms with Gasteiger partial charge in [0.25, 0.3) is 0 Å². The fraction of sp³-hybridized carbons (Fsp3) is 0.179. The summed E-state index contributed by atoms with van der Waals surface area (Å²) in [6, 6.07) is 19.5. The number of carbonyl (C=O) groups excluding carboxylic acids is 1. The maximum atomic E-state index is 12.3. The first kappa shape index (κ1) is 20.0. The number of carbonyl (C=O) groups is 1. The maximum Gasteiger partial charge on any atom is 0.306 e. The first-order valence-electron chi connectivity index (χ1n) is 11.3. The third-order valence-electron chi connectivity index (χ3n) is 6.64. The third-order valence-corrected chi connectivity index (χ3v) is 6.64. The molecule has 3 aromatic rings. The molecule has 3 aliphatic heterocycles. The number of ether oxygens (including phenoxy) is 6. The Hall–Kier alpha value is -4.39. The molecule has 0 N–H and O–H groups in total. The molecule has 4 aliphatic rings. The summed E-state index contributed by atoms with van der Waals surface area (Å²) in [7, 11) is 1.54. The van der Waals surface area contributed by atoms with Crippen molar-refractivity contribution < 1.29 is 33.2 Å². The number of ketones is 1. The van der Waals surface area contributed by atoms with E-state index in [-0.39, 0.29) is 19.0 Å². The Balaban J connectivity index is 1.43. The molecule has 0 amide bonds. The molecule has 0 saturated carbocycles. The van der Waals surface area contributed by atoms with E-state index < -0.39 is 5.79 Å². The Bertz CT molecular complexity index is 1400. The maximum absolute atomic E-state index is 12.3. The molecule has 7 heteroatoms. The Morgan fingerprint density at radius 3 is 2.06 bits per heavy atom. The Labute approximate surface area is 201 Å². The van der Waals surface area contributed by atoms with E-state index in [1.807, 2.05) is 60.7 Å². The van der Waals surface area contributed by atoms with Gasteiger partial charge in [0.1, 0.15) is 11.5 Å². The zero-order chi connectivity index (χ0) is 23.6. The van der Waals surface area contributed by atoms with Gasteiger partial charge in [-0.1, -0.05) is 60.7 Å². The van der Waals surface area contributed by atoms with Crippen LogP contribution in [0.15, 0.2) is 83.8 Å². The molecule has 0 spiro atoms. The van der Waals surface area contributed by atoms with E-state index in [0.29, 0.717) is 46.7 Å². The third kappa shape index (κ3) is 2.81. The van der Waals surface area contributed by atoms with Crippen LogP contribution in [0.1, 0.15) is 23.1 Å². The molecule has 0 aromatic heterocycles. The van der Waals surface area contributed by atoms with Crippen molar-refractivity contribution in [1.29, 1.82) is 0 Å². The average molecular weight is 468 g/mol. The summed E-state index contributed by atoms with van der Waals surface area (Å²) in [4.78, 5) is 12.3. The quantitative estimate of drug-likeness (QED) is 0.548. The summed E-state index contributed by atoms with van der Waals surface area (Å²) in [5, 5.41) is 0. The highest BCUT2D eigenvalue weighted by molar-refractivity contribution is 5.94. The van der Waals surface area contributed by atoms with Gasteiger partial charge in [0.05, 0.1) is 13.5 Å². The van der Waals surface area contributed by atoms with E-state index in [1.54, 1.807) is 7.11 Å². The lowest BCUT2D eigenvalue weighted by Gasteiger charge is -2.29. The van der Waals surface area contributed by atoms with Gasteiger partial charge in [-0.25, -0.2) is 0 Å². The van der Waals surface area contributed by atoms with Gasteiger partial charge in [0, 0.05) is 34.8 Å². The lowest BCUT2D eigenvalue weighted by molar-refractivity contribution is -0.114. The van der Waals surface area contributed by atoms with E-state index in [0.717, 1.165) is 22.3 Å². The van der Waals surface area contributed by atoms with Crippen LogP contribution in [-0.2, 0) is 21.7 Å². The number of hydrogen-bond donors (Lipinski definition) is 0. The normalized spacial score (nSPS) is 18.4. The minimum Gasteiger partial charge on any atom is -0.496 e. The highest BCUT2D eigenvalue weighted by Gasteiger charge is 2.51. The van der Waals surface area contributed by atoms with Crippen LogP contribution in [0.4, 0.5) is 0 Å². The number of benzene rings is 3. The van der Waals surface area contributed by atoms with Gasteiger partial charge in [-0.3, -0.25) is 4.79 Å². The van der Waals surface area contributed by atoms with Crippen LogP contribution in [0.2, 0.25) is 0 Å². The van der Waals surface area contributed by atoms with Crippen molar-refractivity contribution in [3.63, 3.8) is 0 Å². The van der Waals surface area contributed by atoms with Gasteiger partial charge in [-0.05, 0) is 0 Å². The largest absolute Gasteiger partial charge is 0.496 e. The molecule has 0 saturated heterocycles. The predicted octanol–water partition coefficient (Wildman–Crippen LogP) is 4.78. The van der Waals surface area contributed by atoms with Crippen LogP contribution in [-0.4, -0.2) is 19.7 Å². The van der Waals surface area contributed by atoms with Crippen LogP contribution in [0, 0.1) is 0 Å². The molecule has 174 valence electrons. The molecule has 3 aromatic carbocycles. The molecule has 0 atom stereocenters. The molecule has 1 aliphatic carbocycles. The van der Waals surface area contributed by atoms with E-state index in [9.17, 15) is 4.79 Å². The molecule has 0 bridgehead atoms. The number of methoxy groups -OCH3 is 1. The van der Waals surface area contributed by atoms with Gasteiger partial charge < -0.3 is 28.4 Å². The number of allylic oxidation sites excluding steroid dienone is 3. The molecule has 7 nitrogen and oxygen atoms in total. The van der Waals surface area contributed by atoms with Gasteiger partial charge in [0.15, 0.2) is 17.3 Å². The topological polar surface area (TPSA) is 72.5 Å². The summed E-state index contributed by atoms with van der Waals surface area (Å²) < 4.78 is 37.0. The number of hydrogen-bond acceptors (Lipinski definition) is 7. The lowest BCUT2D eigenvalue weighted by atomic mass is 9.92. The van der Waals surface area contributed by atoms with Crippen LogP contribution < -0.4 is 23.7 Å². The molecule has 0 radical (unpaired) electrons. The second-order valence-corrected chi connectivity index (χ2v) is 8.62. The molecular formula is C28H20O7. The van der Waals surface area contributed by atoms with Crippen LogP contribution >= 0.6 is 0 Å². The molecule has 0 fully saturated rings. The highest BCUT2D eigenvalue weighted by atomic mass is 16.8. The van der Waals surface area contributed by atoms with E-state index in [1.165, 1.54) is 6.08 Å². The SMILES string of the molecule is COC1=CC(=O)CC2=C1Cc1c3c(c4c(c1O2)OC(c1ccccc1)(c1ccccc1)O4)OCO3. The van der Waals surface area contributed by atoms with Gasteiger partial charge in [-0.15, -0.1) is 0 Å². The second-order valence-electron chi connectivity index (χ2n) is 8.62. The molecular weight excluding hydrogens is 448 g/mol. The van der Waals surface area contributed by atoms with Crippen molar-refractivity contribution in [3.8, 4) is 28.7 Å². The molecule has 35 heavy (non-hydrogen) atoms. The Morgan fingerprint density at radius 1 is 0.771 bits per heavy atom. The van der Waals surface area contributed by atoms with Crippen molar-refractivity contribution in [2.75, 3.05) is 13.9 Å². The minimum absolute atomic E-state index is 0.0582. The summed E-state index contributed by atoms with van der Waals surface area (Å²) in [6.45, 7) is 0.0582. The fourth-order valence-corrected chi connectivity index (χ4v) is 5.05. The molecule has 3 heterocycles. The monoisotopic (exact) mass is 468 g/mol. The zero-order valence-corrected chi connectivity index (χ0v) is 18.8. The van der Waals surface area contributed by atoms with Crippen LogP contribution in [0.3, 0.4) is 0 Å². The fourth-order valence-electron chi connectivity index (χ4n) is 5.05. The molecule has 7 rings (SSSR count).